The van der Waals surface area contributed by atoms with E-state index < -0.39 is 11.9 Å². The van der Waals surface area contributed by atoms with Gasteiger partial charge < -0.3 is 19.3 Å². The van der Waals surface area contributed by atoms with Crippen LogP contribution < -0.4 is 14.2 Å². The fourth-order valence-corrected chi connectivity index (χ4v) is 3.18. The molecule has 0 bridgehead atoms. The Labute approximate surface area is 135 Å². The van der Waals surface area contributed by atoms with E-state index in [0.29, 0.717) is 23.7 Å². The van der Waals surface area contributed by atoms with Gasteiger partial charge >= 0.3 is 5.97 Å². The summed E-state index contributed by atoms with van der Waals surface area (Å²) in [6, 6.07) is 1.86. The zero-order valence-corrected chi connectivity index (χ0v) is 13.7. The Morgan fingerprint density at radius 3 is 2.43 bits per heavy atom. The van der Waals surface area contributed by atoms with Crippen LogP contribution in [0.15, 0.2) is 6.07 Å². The number of ketones is 1. The molecule has 1 aliphatic carbocycles. The SMILES string of the molecule is COc1cc2c(c(OC)c1OC)C(CCC(=O)O)C(=O)CCC2. The van der Waals surface area contributed by atoms with Crippen LogP contribution in [0.3, 0.4) is 0 Å². The normalized spacial score (nSPS) is 17.2. The summed E-state index contributed by atoms with van der Waals surface area (Å²) in [5.74, 6) is 0.0996. The number of ether oxygens (including phenoxy) is 3. The maximum atomic E-state index is 12.5. The van der Waals surface area contributed by atoms with Crippen LogP contribution in [-0.2, 0) is 16.0 Å². The molecule has 23 heavy (non-hydrogen) atoms. The van der Waals surface area contributed by atoms with Gasteiger partial charge in [0, 0.05) is 24.3 Å². The number of fused-ring (bicyclic) bond motifs is 1. The molecule has 126 valence electrons. The fourth-order valence-electron chi connectivity index (χ4n) is 3.18. The molecule has 2 rings (SSSR count). The van der Waals surface area contributed by atoms with Gasteiger partial charge in [0.05, 0.1) is 21.3 Å². The lowest BCUT2D eigenvalue weighted by atomic mass is 9.86. The van der Waals surface area contributed by atoms with E-state index in [0.717, 1.165) is 24.0 Å². The number of carboxylic acids is 1. The summed E-state index contributed by atoms with van der Waals surface area (Å²) in [6.07, 6.45) is 2.09. The van der Waals surface area contributed by atoms with Crippen molar-refractivity contribution in [1.82, 2.24) is 0 Å². The van der Waals surface area contributed by atoms with Gasteiger partial charge in [-0.25, -0.2) is 0 Å². The molecule has 1 unspecified atom stereocenters. The Balaban J connectivity index is 2.61. The van der Waals surface area contributed by atoms with E-state index in [1.54, 1.807) is 7.11 Å². The molecule has 0 fully saturated rings. The highest BCUT2D eigenvalue weighted by molar-refractivity contribution is 5.88. The van der Waals surface area contributed by atoms with Crippen LogP contribution in [-0.4, -0.2) is 38.2 Å². The molecule has 1 N–H and O–H groups in total. The van der Waals surface area contributed by atoms with Gasteiger partial charge in [-0.2, -0.15) is 0 Å². The third-order valence-electron chi connectivity index (χ3n) is 4.21. The summed E-state index contributed by atoms with van der Waals surface area (Å²) >= 11 is 0. The molecule has 0 aromatic heterocycles. The van der Waals surface area contributed by atoms with Crippen LogP contribution in [0.2, 0.25) is 0 Å². The van der Waals surface area contributed by atoms with Gasteiger partial charge in [-0.1, -0.05) is 0 Å². The van der Waals surface area contributed by atoms with Crippen LogP contribution in [0.5, 0.6) is 17.2 Å². The first-order valence-electron chi connectivity index (χ1n) is 7.59. The Hall–Kier alpha value is -2.24. The predicted molar refractivity (Wildman–Crippen MR) is 83.7 cm³/mol. The van der Waals surface area contributed by atoms with Gasteiger partial charge in [0.1, 0.15) is 5.78 Å². The predicted octanol–water partition coefficient (Wildman–Crippen LogP) is 2.57. The molecule has 0 saturated heterocycles. The minimum absolute atomic E-state index is 0.0514. The van der Waals surface area contributed by atoms with E-state index in [4.69, 9.17) is 19.3 Å². The summed E-state index contributed by atoms with van der Waals surface area (Å²) in [4.78, 5) is 23.4. The Kier molecular flexibility index (Phi) is 5.47. The number of hydrogen-bond acceptors (Lipinski definition) is 5. The number of aryl methyl sites for hydroxylation is 1. The highest BCUT2D eigenvalue weighted by atomic mass is 16.5. The van der Waals surface area contributed by atoms with Crippen LogP contribution in [0.1, 0.15) is 42.7 Å². The minimum Gasteiger partial charge on any atom is -0.493 e. The van der Waals surface area contributed by atoms with E-state index in [-0.39, 0.29) is 18.6 Å². The quantitative estimate of drug-likeness (QED) is 0.811. The first-order chi connectivity index (χ1) is 11.0. The standard InChI is InChI=1S/C17H22O6/c1-21-13-9-10-5-4-6-12(18)11(7-8-14(19)20)15(10)17(23-3)16(13)22-2/h9,11H,4-8H2,1-3H3,(H,19,20). The molecular formula is C17H22O6. The summed E-state index contributed by atoms with van der Waals surface area (Å²) < 4.78 is 16.3. The lowest BCUT2D eigenvalue weighted by Crippen LogP contribution is -2.15. The highest BCUT2D eigenvalue weighted by Crippen LogP contribution is 2.47. The van der Waals surface area contributed by atoms with Crippen LogP contribution in [0.25, 0.3) is 0 Å². The van der Waals surface area contributed by atoms with Gasteiger partial charge in [-0.15, -0.1) is 0 Å². The second-order valence-electron chi connectivity index (χ2n) is 5.52. The van der Waals surface area contributed by atoms with Gasteiger partial charge in [-0.05, 0) is 30.9 Å². The summed E-state index contributed by atoms with van der Waals surface area (Å²) in [5, 5.41) is 8.97. The smallest absolute Gasteiger partial charge is 0.303 e. The zero-order chi connectivity index (χ0) is 17.0. The second kappa shape index (κ2) is 7.35. The highest BCUT2D eigenvalue weighted by Gasteiger charge is 2.32. The van der Waals surface area contributed by atoms with Gasteiger partial charge in [0.2, 0.25) is 5.75 Å². The van der Waals surface area contributed by atoms with E-state index in [2.05, 4.69) is 0 Å². The number of benzene rings is 1. The molecule has 0 heterocycles. The van der Waals surface area contributed by atoms with Gasteiger partial charge in [-0.3, -0.25) is 9.59 Å². The van der Waals surface area contributed by atoms with Crippen molar-refractivity contribution < 1.29 is 28.9 Å². The van der Waals surface area contributed by atoms with Crippen molar-refractivity contribution in [2.24, 2.45) is 0 Å². The Bertz CT molecular complexity index is 608. The first-order valence-corrected chi connectivity index (χ1v) is 7.59. The van der Waals surface area contributed by atoms with Gasteiger partial charge in [0.25, 0.3) is 0 Å². The Morgan fingerprint density at radius 2 is 1.87 bits per heavy atom. The molecule has 1 atom stereocenters. The molecule has 1 aromatic rings. The molecule has 0 radical (unpaired) electrons. The number of carboxylic acid groups (broad SMARTS) is 1. The maximum absolute atomic E-state index is 12.5. The molecular weight excluding hydrogens is 300 g/mol. The number of methoxy groups -OCH3 is 3. The molecule has 0 aliphatic heterocycles. The van der Waals surface area contributed by atoms with Crippen LogP contribution in [0.4, 0.5) is 0 Å². The number of carbonyl (C=O) groups is 2. The van der Waals surface area contributed by atoms with Crippen molar-refractivity contribution in [2.45, 2.75) is 38.0 Å². The van der Waals surface area contributed by atoms with Crippen molar-refractivity contribution in [3.8, 4) is 17.2 Å². The lowest BCUT2D eigenvalue weighted by Gasteiger charge is -2.22. The average molecular weight is 322 g/mol. The topological polar surface area (TPSA) is 82.1 Å². The zero-order valence-electron chi connectivity index (χ0n) is 13.7. The lowest BCUT2D eigenvalue weighted by molar-refractivity contribution is -0.137. The molecule has 1 aromatic carbocycles. The molecule has 0 spiro atoms. The van der Waals surface area contributed by atoms with Gasteiger partial charge in [0.15, 0.2) is 11.5 Å². The first kappa shape index (κ1) is 17.1. The number of aliphatic carboxylic acids is 1. The number of hydrogen-bond donors (Lipinski definition) is 1. The number of carbonyl (C=O) groups excluding carboxylic acids is 1. The third kappa shape index (κ3) is 3.41. The van der Waals surface area contributed by atoms with E-state index in [1.807, 2.05) is 6.07 Å². The monoisotopic (exact) mass is 322 g/mol. The van der Waals surface area contributed by atoms with E-state index in [1.165, 1.54) is 14.2 Å². The van der Waals surface area contributed by atoms with Crippen molar-refractivity contribution in [1.29, 1.82) is 0 Å². The van der Waals surface area contributed by atoms with E-state index in [9.17, 15) is 9.59 Å². The molecule has 1 aliphatic rings. The molecule has 6 heteroatoms. The number of rotatable bonds is 6. The third-order valence-corrected chi connectivity index (χ3v) is 4.21. The summed E-state index contributed by atoms with van der Waals surface area (Å²) in [6.45, 7) is 0. The Morgan fingerprint density at radius 1 is 1.17 bits per heavy atom. The fraction of sp³-hybridized carbons (Fsp3) is 0.529. The van der Waals surface area contributed by atoms with Crippen LogP contribution in [0, 0.1) is 0 Å². The van der Waals surface area contributed by atoms with Crippen molar-refractivity contribution >= 4 is 11.8 Å². The minimum atomic E-state index is -0.914. The largest absolute Gasteiger partial charge is 0.493 e. The molecule has 0 amide bonds. The summed E-state index contributed by atoms with van der Waals surface area (Å²) in [7, 11) is 4.58. The maximum Gasteiger partial charge on any atom is 0.303 e. The molecule has 6 nitrogen and oxygen atoms in total. The summed E-state index contributed by atoms with van der Waals surface area (Å²) in [5.41, 5.74) is 1.70. The van der Waals surface area contributed by atoms with Crippen molar-refractivity contribution in [3.05, 3.63) is 17.2 Å². The molecule has 0 saturated carbocycles. The number of Topliss-reactive ketones (excluding diaryl/α,β-unsaturated/α-hetero) is 1. The second-order valence-corrected chi connectivity index (χ2v) is 5.52. The average Bonchev–Trinajstić information content (AvgIpc) is 2.69. The van der Waals surface area contributed by atoms with Crippen molar-refractivity contribution in [2.75, 3.05) is 21.3 Å². The van der Waals surface area contributed by atoms with Crippen molar-refractivity contribution in [3.63, 3.8) is 0 Å². The van der Waals surface area contributed by atoms with E-state index >= 15 is 0 Å². The van der Waals surface area contributed by atoms with Crippen LogP contribution >= 0.6 is 0 Å².